The lowest BCUT2D eigenvalue weighted by Crippen LogP contribution is -2.57. The molecule has 170 valence electrons. The van der Waals surface area contributed by atoms with Crippen LogP contribution in [0.4, 0.5) is 5.69 Å². The van der Waals surface area contributed by atoms with Crippen molar-refractivity contribution in [2.45, 2.75) is 25.3 Å². The summed E-state index contributed by atoms with van der Waals surface area (Å²) in [6.07, 6.45) is 2.55. The Morgan fingerprint density at radius 1 is 0.906 bits per heavy atom. The largest absolute Gasteiger partial charge is 0.484 e. The Hall–Kier alpha value is -2.44. The number of anilines is 1. The van der Waals surface area contributed by atoms with E-state index in [0.717, 1.165) is 18.5 Å². The molecule has 4 rings (SSSR count). The number of benzene rings is 2. The molecule has 2 saturated heterocycles. The van der Waals surface area contributed by atoms with Gasteiger partial charge in [-0.25, -0.2) is 0 Å². The topological polar surface area (TPSA) is 53.1 Å². The molecule has 2 aliphatic heterocycles. The fraction of sp³-hybridized carbons (Fsp3) is 0.417. The van der Waals surface area contributed by atoms with Crippen LogP contribution in [0.5, 0.6) is 5.75 Å². The predicted molar refractivity (Wildman–Crippen MR) is 127 cm³/mol. The number of likely N-dealkylation sites (tertiary alicyclic amines) is 1. The van der Waals surface area contributed by atoms with Crippen LogP contribution in [0.15, 0.2) is 48.5 Å². The summed E-state index contributed by atoms with van der Waals surface area (Å²) in [4.78, 5) is 31.9. The zero-order valence-electron chi connectivity index (χ0n) is 17.9. The first-order valence-corrected chi connectivity index (χ1v) is 11.7. The summed E-state index contributed by atoms with van der Waals surface area (Å²) in [7, 11) is 0. The number of ether oxygens (including phenoxy) is 1. The first-order valence-electron chi connectivity index (χ1n) is 11.0. The van der Waals surface area contributed by atoms with E-state index < -0.39 is 6.04 Å². The number of hydrogen-bond acceptors (Lipinski definition) is 4. The van der Waals surface area contributed by atoms with E-state index in [4.69, 9.17) is 27.9 Å². The first kappa shape index (κ1) is 22.7. The maximum atomic E-state index is 13.3. The summed E-state index contributed by atoms with van der Waals surface area (Å²) in [5, 5.41) is 1.19. The molecule has 0 radical (unpaired) electrons. The molecular weight excluding hydrogens is 449 g/mol. The number of piperazine rings is 1. The van der Waals surface area contributed by atoms with Crippen LogP contribution < -0.4 is 9.64 Å². The summed E-state index contributed by atoms with van der Waals surface area (Å²) >= 11 is 12.3. The molecule has 2 aromatic rings. The van der Waals surface area contributed by atoms with E-state index in [2.05, 4.69) is 4.90 Å². The third kappa shape index (κ3) is 5.48. The van der Waals surface area contributed by atoms with Crippen LogP contribution >= 0.6 is 23.2 Å². The average molecular weight is 476 g/mol. The van der Waals surface area contributed by atoms with Crippen molar-refractivity contribution < 1.29 is 14.3 Å². The second-order valence-electron chi connectivity index (χ2n) is 8.14. The van der Waals surface area contributed by atoms with Gasteiger partial charge < -0.3 is 19.4 Å². The van der Waals surface area contributed by atoms with E-state index >= 15 is 0 Å². The molecule has 0 aliphatic carbocycles. The van der Waals surface area contributed by atoms with Gasteiger partial charge in [-0.15, -0.1) is 0 Å². The van der Waals surface area contributed by atoms with Crippen LogP contribution in [0.25, 0.3) is 0 Å². The lowest BCUT2D eigenvalue weighted by atomic mass is 10.0. The molecule has 2 fully saturated rings. The van der Waals surface area contributed by atoms with Gasteiger partial charge in [-0.1, -0.05) is 41.4 Å². The highest BCUT2D eigenvalue weighted by Crippen LogP contribution is 2.27. The quantitative estimate of drug-likeness (QED) is 0.652. The van der Waals surface area contributed by atoms with Crippen molar-refractivity contribution in [3.05, 3.63) is 58.6 Å². The van der Waals surface area contributed by atoms with Crippen LogP contribution in [-0.2, 0) is 9.59 Å². The van der Waals surface area contributed by atoms with Crippen LogP contribution in [0.2, 0.25) is 10.0 Å². The minimum Gasteiger partial charge on any atom is -0.484 e. The third-order valence-electron chi connectivity index (χ3n) is 6.02. The average Bonchev–Trinajstić information content (AvgIpc) is 2.82. The van der Waals surface area contributed by atoms with Gasteiger partial charge >= 0.3 is 0 Å². The molecule has 0 N–H and O–H groups in total. The Morgan fingerprint density at radius 3 is 2.28 bits per heavy atom. The Bertz CT molecular complexity index is 929. The van der Waals surface area contributed by atoms with Gasteiger partial charge in [-0.05, 0) is 49.6 Å². The van der Waals surface area contributed by atoms with Gasteiger partial charge in [0.15, 0.2) is 6.61 Å². The highest BCUT2D eigenvalue weighted by molar-refractivity contribution is 6.35. The molecule has 1 atom stereocenters. The molecule has 6 nitrogen and oxygen atoms in total. The summed E-state index contributed by atoms with van der Waals surface area (Å²) < 4.78 is 5.63. The van der Waals surface area contributed by atoms with E-state index in [1.165, 1.54) is 0 Å². The fourth-order valence-corrected chi connectivity index (χ4v) is 4.86. The highest BCUT2D eigenvalue weighted by Gasteiger charge is 2.36. The molecular formula is C24H27Cl2N3O3. The van der Waals surface area contributed by atoms with Crippen LogP contribution in [0, 0.1) is 0 Å². The van der Waals surface area contributed by atoms with Crippen LogP contribution in [0.1, 0.15) is 19.3 Å². The first-order chi connectivity index (χ1) is 15.5. The van der Waals surface area contributed by atoms with Crippen molar-refractivity contribution in [3.63, 3.8) is 0 Å². The molecule has 0 aromatic heterocycles. The van der Waals surface area contributed by atoms with Gasteiger partial charge in [0.2, 0.25) is 5.91 Å². The molecule has 2 amide bonds. The fourth-order valence-electron chi connectivity index (χ4n) is 4.35. The number of rotatable bonds is 5. The standard InChI is InChI=1S/C24H27Cl2N3O3/c25-18-14-19(26)16-20(15-18)27-10-12-28(13-11-27)24(31)22-8-4-5-9-29(22)23(30)17-32-21-6-2-1-3-7-21/h1-3,6-7,14-16,22H,4-5,8-13,17H2/t22-/m1/s1. The lowest BCUT2D eigenvalue weighted by molar-refractivity contribution is -0.149. The van der Waals surface area contributed by atoms with Gasteiger partial charge in [0.25, 0.3) is 5.91 Å². The Labute approximate surface area is 198 Å². The van der Waals surface area contributed by atoms with Gasteiger partial charge in [0.1, 0.15) is 11.8 Å². The van der Waals surface area contributed by atoms with E-state index in [9.17, 15) is 9.59 Å². The summed E-state index contributed by atoms with van der Waals surface area (Å²) in [5.74, 6) is 0.540. The predicted octanol–water partition coefficient (Wildman–Crippen LogP) is 4.10. The van der Waals surface area contributed by atoms with Gasteiger partial charge in [0, 0.05) is 48.5 Å². The zero-order chi connectivity index (χ0) is 22.5. The van der Waals surface area contributed by atoms with Gasteiger partial charge in [-0.2, -0.15) is 0 Å². The number of carbonyl (C=O) groups is 2. The van der Waals surface area contributed by atoms with Crippen molar-refractivity contribution in [1.82, 2.24) is 9.80 Å². The normalized spacial score (nSPS) is 19.1. The van der Waals surface area contributed by atoms with Gasteiger partial charge in [-0.3, -0.25) is 9.59 Å². The molecule has 2 aromatic carbocycles. The lowest BCUT2D eigenvalue weighted by Gasteiger charge is -2.41. The Balaban J connectivity index is 1.35. The third-order valence-corrected chi connectivity index (χ3v) is 6.45. The maximum Gasteiger partial charge on any atom is 0.261 e. The van der Waals surface area contributed by atoms with Crippen molar-refractivity contribution >= 4 is 40.7 Å². The molecule has 0 spiro atoms. The molecule has 32 heavy (non-hydrogen) atoms. The van der Waals surface area contributed by atoms with E-state index in [0.29, 0.717) is 54.9 Å². The molecule has 8 heteroatoms. The highest BCUT2D eigenvalue weighted by atomic mass is 35.5. The van der Waals surface area contributed by atoms with Crippen molar-refractivity contribution in [2.75, 3.05) is 44.2 Å². The maximum absolute atomic E-state index is 13.3. The smallest absolute Gasteiger partial charge is 0.261 e. The zero-order valence-corrected chi connectivity index (χ0v) is 19.4. The van der Waals surface area contributed by atoms with Crippen molar-refractivity contribution in [2.24, 2.45) is 0 Å². The Morgan fingerprint density at radius 2 is 1.59 bits per heavy atom. The van der Waals surface area contributed by atoms with Crippen LogP contribution in [-0.4, -0.2) is 67.0 Å². The number of carbonyl (C=O) groups excluding carboxylic acids is 2. The molecule has 2 heterocycles. The summed E-state index contributed by atoms with van der Waals surface area (Å²) in [6.45, 7) is 3.12. The van der Waals surface area contributed by atoms with Crippen LogP contribution in [0.3, 0.4) is 0 Å². The SMILES string of the molecule is O=C([C@H]1CCCCN1C(=O)COc1ccccc1)N1CCN(c2cc(Cl)cc(Cl)c2)CC1. The number of nitrogens with zero attached hydrogens (tertiary/aromatic N) is 3. The minimum absolute atomic E-state index is 0.0292. The van der Waals surface area contributed by atoms with E-state index in [1.807, 2.05) is 47.4 Å². The number of para-hydroxylation sites is 1. The van der Waals surface area contributed by atoms with E-state index in [-0.39, 0.29) is 18.4 Å². The Kier molecular flexibility index (Phi) is 7.43. The van der Waals surface area contributed by atoms with Gasteiger partial charge in [0.05, 0.1) is 0 Å². The number of halogens is 2. The number of amides is 2. The summed E-state index contributed by atoms with van der Waals surface area (Å²) in [6, 6.07) is 14.3. The number of hydrogen-bond donors (Lipinski definition) is 0. The number of piperidine rings is 1. The monoisotopic (exact) mass is 475 g/mol. The van der Waals surface area contributed by atoms with Crippen molar-refractivity contribution in [1.29, 1.82) is 0 Å². The molecule has 0 saturated carbocycles. The molecule has 2 aliphatic rings. The summed E-state index contributed by atoms with van der Waals surface area (Å²) in [5.41, 5.74) is 0.960. The second-order valence-corrected chi connectivity index (χ2v) is 9.01. The van der Waals surface area contributed by atoms with Crippen molar-refractivity contribution in [3.8, 4) is 5.75 Å². The van der Waals surface area contributed by atoms with E-state index in [1.54, 1.807) is 11.0 Å². The molecule has 0 unspecified atom stereocenters. The second kappa shape index (κ2) is 10.5. The minimum atomic E-state index is -0.414. The molecule has 0 bridgehead atoms.